The molecule has 0 saturated carbocycles. The largest absolute Gasteiger partial charge is 0.479 e. The van der Waals surface area contributed by atoms with Gasteiger partial charge in [-0.1, -0.05) is 0 Å². The Morgan fingerprint density at radius 2 is 2.00 bits per heavy atom. The predicted octanol–water partition coefficient (Wildman–Crippen LogP) is -0.340. The van der Waals surface area contributed by atoms with Crippen molar-refractivity contribution in [2.24, 2.45) is 0 Å². The van der Waals surface area contributed by atoms with Crippen LogP contribution in [0.3, 0.4) is 0 Å². The van der Waals surface area contributed by atoms with Gasteiger partial charge in [0.15, 0.2) is 6.67 Å². The van der Waals surface area contributed by atoms with E-state index in [-0.39, 0.29) is 37.7 Å². The van der Waals surface area contributed by atoms with E-state index in [1.165, 1.54) is 0 Å². The van der Waals surface area contributed by atoms with E-state index < -0.39 is 12.6 Å². The predicted molar refractivity (Wildman–Crippen MR) is 19.4 cm³/mol. The molecular formula is C2H3CaFO2. The van der Waals surface area contributed by atoms with Gasteiger partial charge in [0.05, 0.1) is 0 Å². The third-order valence-electron chi connectivity index (χ3n) is 0.114. The average Bonchev–Trinajstić information content (AvgIpc) is 1.38. The third-order valence-corrected chi connectivity index (χ3v) is 0.114. The van der Waals surface area contributed by atoms with Crippen molar-refractivity contribution in [3.05, 3.63) is 0 Å². The number of carboxylic acids is 1. The summed E-state index contributed by atoms with van der Waals surface area (Å²) in [5, 5.41) is 7.35. The Kier molecular flexibility index (Phi) is 9.27. The Labute approximate surface area is 64.3 Å². The fraction of sp³-hybridized carbons (Fsp3) is 0.500. The minimum Gasteiger partial charge on any atom is -0.479 e. The molecule has 0 unspecified atom stereocenters. The molecule has 0 aromatic heterocycles. The van der Waals surface area contributed by atoms with E-state index in [2.05, 4.69) is 0 Å². The monoisotopic (exact) mass is 118 g/mol. The van der Waals surface area contributed by atoms with Gasteiger partial charge < -0.3 is 5.11 Å². The first-order chi connectivity index (χ1) is 2.27. The van der Waals surface area contributed by atoms with Gasteiger partial charge in [-0.3, -0.25) is 0 Å². The first kappa shape index (κ1) is 9.82. The molecule has 0 aliphatic carbocycles. The fourth-order valence-corrected chi connectivity index (χ4v) is 0. The van der Waals surface area contributed by atoms with E-state index >= 15 is 0 Å². The van der Waals surface area contributed by atoms with Crippen LogP contribution in [-0.4, -0.2) is 55.5 Å². The SMILES string of the molecule is O=C(O)CF.[Ca]. The molecule has 0 aromatic carbocycles. The molecule has 0 saturated heterocycles. The summed E-state index contributed by atoms with van der Waals surface area (Å²) in [4.78, 5) is 8.99. The van der Waals surface area contributed by atoms with Gasteiger partial charge in [0.25, 0.3) is 0 Å². The van der Waals surface area contributed by atoms with Crippen LogP contribution in [0.5, 0.6) is 0 Å². The second-order valence-electron chi connectivity index (χ2n) is 0.527. The zero-order valence-electron chi connectivity index (χ0n) is 3.15. The number of alkyl halides is 1. The van der Waals surface area contributed by atoms with Gasteiger partial charge in [0, 0.05) is 37.7 Å². The van der Waals surface area contributed by atoms with Crippen molar-refractivity contribution >= 4 is 43.7 Å². The normalized spacial score (nSPS) is 6.17. The number of hydrogen-bond acceptors (Lipinski definition) is 1. The molecule has 4 heteroatoms. The standard InChI is InChI=1S/C2H3FO2.Ca/c3-1-2(4)5;/h1H2,(H,4,5);. The van der Waals surface area contributed by atoms with Gasteiger partial charge in [-0.15, -0.1) is 0 Å². The van der Waals surface area contributed by atoms with Gasteiger partial charge >= 0.3 is 5.97 Å². The molecule has 2 radical (unpaired) electrons. The minimum atomic E-state index is -1.41. The zero-order chi connectivity index (χ0) is 4.28. The van der Waals surface area contributed by atoms with Gasteiger partial charge in [0.1, 0.15) is 0 Å². The summed E-state index contributed by atoms with van der Waals surface area (Å²) >= 11 is 0. The fourth-order valence-electron chi connectivity index (χ4n) is 0. The number of halogens is 1. The molecule has 0 rings (SSSR count). The third kappa shape index (κ3) is 8.82. The van der Waals surface area contributed by atoms with Crippen LogP contribution in [0.25, 0.3) is 0 Å². The van der Waals surface area contributed by atoms with Crippen LogP contribution >= 0.6 is 0 Å². The maximum Gasteiger partial charge on any atom is 0.335 e. The van der Waals surface area contributed by atoms with Gasteiger partial charge in [-0.2, -0.15) is 0 Å². The number of hydrogen-bond donors (Lipinski definition) is 1. The summed E-state index contributed by atoms with van der Waals surface area (Å²) in [6.45, 7) is -1.28. The van der Waals surface area contributed by atoms with Crippen LogP contribution in [0.15, 0.2) is 0 Å². The van der Waals surface area contributed by atoms with Crippen LogP contribution in [0.4, 0.5) is 4.39 Å². The number of carbonyl (C=O) groups is 1. The Bertz CT molecular complexity index is 46.8. The van der Waals surface area contributed by atoms with E-state index in [9.17, 15) is 4.39 Å². The van der Waals surface area contributed by atoms with E-state index in [1.807, 2.05) is 0 Å². The van der Waals surface area contributed by atoms with Crippen molar-refractivity contribution < 1.29 is 14.3 Å². The number of aliphatic carboxylic acids is 1. The van der Waals surface area contributed by atoms with Crippen LogP contribution in [0.1, 0.15) is 0 Å². The molecule has 0 aliphatic heterocycles. The molecule has 6 heavy (non-hydrogen) atoms. The maximum absolute atomic E-state index is 10.5. The topological polar surface area (TPSA) is 37.3 Å². The Hall–Kier alpha value is 0.660. The molecule has 0 aliphatic rings. The molecule has 32 valence electrons. The molecule has 0 amide bonds. The summed E-state index contributed by atoms with van der Waals surface area (Å²) in [5.41, 5.74) is 0. The van der Waals surface area contributed by atoms with Gasteiger partial charge in [-0.25, -0.2) is 9.18 Å². The maximum atomic E-state index is 10.5. The number of carboxylic acid groups (broad SMARTS) is 1. The summed E-state index contributed by atoms with van der Waals surface area (Å²) in [7, 11) is 0. The molecule has 0 heterocycles. The molecule has 0 bridgehead atoms. The Morgan fingerprint density at radius 1 is 1.83 bits per heavy atom. The average molecular weight is 118 g/mol. The van der Waals surface area contributed by atoms with Crippen LogP contribution in [-0.2, 0) is 4.79 Å². The van der Waals surface area contributed by atoms with E-state index in [4.69, 9.17) is 9.90 Å². The molecule has 0 aromatic rings. The van der Waals surface area contributed by atoms with Crippen molar-refractivity contribution in [1.29, 1.82) is 0 Å². The second kappa shape index (κ2) is 5.66. The van der Waals surface area contributed by atoms with Crippen molar-refractivity contribution in [2.75, 3.05) is 6.67 Å². The number of rotatable bonds is 1. The van der Waals surface area contributed by atoms with Gasteiger partial charge in [0.2, 0.25) is 0 Å². The zero-order valence-corrected chi connectivity index (χ0v) is 5.36. The molecule has 0 spiro atoms. The van der Waals surface area contributed by atoms with E-state index in [0.717, 1.165) is 0 Å². The first-order valence-electron chi connectivity index (χ1n) is 1.05. The summed E-state index contributed by atoms with van der Waals surface area (Å²) < 4.78 is 10.5. The Morgan fingerprint density at radius 3 is 2.00 bits per heavy atom. The molecular weight excluding hydrogens is 115 g/mol. The molecule has 1 N–H and O–H groups in total. The van der Waals surface area contributed by atoms with Crippen molar-refractivity contribution in [1.82, 2.24) is 0 Å². The summed E-state index contributed by atoms with van der Waals surface area (Å²) in [6, 6.07) is 0. The molecule has 0 atom stereocenters. The molecule has 0 fully saturated rings. The summed E-state index contributed by atoms with van der Waals surface area (Å²) in [6.07, 6.45) is 0. The smallest absolute Gasteiger partial charge is 0.335 e. The summed E-state index contributed by atoms with van der Waals surface area (Å²) in [5.74, 6) is -1.41. The van der Waals surface area contributed by atoms with Crippen LogP contribution in [0, 0.1) is 0 Å². The Balaban J connectivity index is 0. The minimum absolute atomic E-state index is 0. The van der Waals surface area contributed by atoms with Crippen LogP contribution < -0.4 is 0 Å². The van der Waals surface area contributed by atoms with Gasteiger partial charge in [-0.05, 0) is 0 Å². The second-order valence-corrected chi connectivity index (χ2v) is 0.527. The quantitative estimate of drug-likeness (QED) is 0.478. The molecule has 2 nitrogen and oxygen atoms in total. The van der Waals surface area contributed by atoms with E-state index in [1.54, 1.807) is 0 Å². The van der Waals surface area contributed by atoms with Crippen molar-refractivity contribution in [3.63, 3.8) is 0 Å². The van der Waals surface area contributed by atoms with Crippen LogP contribution in [0.2, 0.25) is 0 Å². The van der Waals surface area contributed by atoms with Crippen molar-refractivity contribution in [3.8, 4) is 0 Å². The first-order valence-corrected chi connectivity index (χ1v) is 1.05. The van der Waals surface area contributed by atoms with Crippen molar-refractivity contribution in [2.45, 2.75) is 0 Å². The van der Waals surface area contributed by atoms with E-state index in [0.29, 0.717) is 0 Å².